The molecule has 1 aliphatic heterocycles. The standard InChI is InChI=1S/C16H19N3O2S/c1-16(2,3)21-15(20)19-8-5-12(6-9-19)13-4-7-18-10-14(13)22-11-17/h4-5,7,10H,6,8-9H2,1-3H3. The number of carbonyl (C=O) groups excluding carboxylic acids is 1. The Kier molecular flexibility index (Phi) is 5.09. The van der Waals surface area contributed by atoms with Crippen LogP contribution in [0.15, 0.2) is 29.4 Å². The van der Waals surface area contributed by atoms with Crippen LogP contribution in [0.1, 0.15) is 32.8 Å². The zero-order chi connectivity index (χ0) is 16.2. The fraction of sp³-hybridized carbons (Fsp3) is 0.438. The summed E-state index contributed by atoms with van der Waals surface area (Å²) < 4.78 is 5.38. The van der Waals surface area contributed by atoms with Gasteiger partial charge in [-0.15, -0.1) is 0 Å². The largest absolute Gasteiger partial charge is 0.444 e. The lowest BCUT2D eigenvalue weighted by atomic mass is 10.0. The van der Waals surface area contributed by atoms with E-state index in [0.29, 0.717) is 13.1 Å². The van der Waals surface area contributed by atoms with Gasteiger partial charge < -0.3 is 9.64 Å². The number of nitriles is 1. The molecule has 1 amide bonds. The van der Waals surface area contributed by atoms with Crippen LogP contribution in [-0.4, -0.2) is 34.7 Å². The number of nitrogens with zero attached hydrogens (tertiary/aromatic N) is 3. The Bertz CT molecular complexity index is 629. The Morgan fingerprint density at radius 2 is 2.27 bits per heavy atom. The highest BCUT2D eigenvalue weighted by Gasteiger charge is 2.24. The molecule has 0 fully saturated rings. The SMILES string of the molecule is CC(C)(C)OC(=O)N1CC=C(c2ccncc2SC#N)CC1. The normalized spacial score (nSPS) is 15.0. The molecule has 0 N–H and O–H groups in total. The molecule has 1 aromatic heterocycles. The van der Waals surface area contributed by atoms with Crippen LogP contribution in [0.2, 0.25) is 0 Å². The highest BCUT2D eigenvalue weighted by Crippen LogP contribution is 2.30. The second-order valence-corrected chi connectivity index (χ2v) is 6.80. The van der Waals surface area contributed by atoms with Gasteiger partial charge >= 0.3 is 6.09 Å². The van der Waals surface area contributed by atoms with Gasteiger partial charge in [0.15, 0.2) is 0 Å². The number of thiocyanates is 1. The minimum atomic E-state index is -0.483. The van der Waals surface area contributed by atoms with Crippen molar-refractivity contribution in [2.75, 3.05) is 13.1 Å². The fourth-order valence-electron chi connectivity index (χ4n) is 2.18. The van der Waals surface area contributed by atoms with E-state index < -0.39 is 5.60 Å². The molecular formula is C16H19N3O2S. The molecule has 0 atom stereocenters. The number of carbonyl (C=O) groups is 1. The Hall–Kier alpha value is -2.00. The summed E-state index contributed by atoms with van der Waals surface area (Å²) in [6.07, 6.45) is 5.89. The van der Waals surface area contributed by atoms with Crippen LogP contribution in [0.5, 0.6) is 0 Å². The second kappa shape index (κ2) is 6.84. The maximum Gasteiger partial charge on any atom is 0.410 e. The molecule has 2 rings (SSSR count). The molecule has 0 bridgehead atoms. The van der Waals surface area contributed by atoms with Crippen LogP contribution >= 0.6 is 11.8 Å². The molecule has 0 saturated carbocycles. The quantitative estimate of drug-likeness (QED) is 0.615. The molecule has 1 aromatic rings. The number of aromatic nitrogens is 1. The van der Waals surface area contributed by atoms with Gasteiger partial charge in [-0.05, 0) is 56.2 Å². The zero-order valence-corrected chi connectivity index (χ0v) is 13.8. The molecule has 5 nitrogen and oxygen atoms in total. The fourth-order valence-corrected chi connectivity index (χ4v) is 2.70. The van der Waals surface area contributed by atoms with Gasteiger partial charge in [0.25, 0.3) is 0 Å². The predicted octanol–water partition coefficient (Wildman–Crippen LogP) is 3.68. The van der Waals surface area contributed by atoms with Gasteiger partial charge in [0.05, 0.1) is 0 Å². The lowest BCUT2D eigenvalue weighted by Crippen LogP contribution is -2.39. The first-order valence-electron chi connectivity index (χ1n) is 7.08. The van der Waals surface area contributed by atoms with Gasteiger partial charge in [0.2, 0.25) is 0 Å². The lowest BCUT2D eigenvalue weighted by molar-refractivity contribution is 0.0270. The number of amides is 1. The van der Waals surface area contributed by atoms with Gasteiger partial charge in [-0.1, -0.05) is 6.08 Å². The number of thioether (sulfide) groups is 1. The molecule has 2 heterocycles. The minimum absolute atomic E-state index is 0.288. The summed E-state index contributed by atoms with van der Waals surface area (Å²) in [5.74, 6) is 0. The van der Waals surface area contributed by atoms with Gasteiger partial charge in [0, 0.05) is 30.4 Å². The predicted molar refractivity (Wildman–Crippen MR) is 86.1 cm³/mol. The van der Waals surface area contributed by atoms with Crippen LogP contribution in [0.4, 0.5) is 4.79 Å². The first-order valence-corrected chi connectivity index (χ1v) is 7.89. The Morgan fingerprint density at radius 3 is 2.86 bits per heavy atom. The smallest absolute Gasteiger partial charge is 0.410 e. The van der Waals surface area contributed by atoms with Crippen LogP contribution in [0.25, 0.3) is 5.57 Å². The van der Waals surface area contributed by atoms with Crippen LogP contribution in [0, 0.1) is 10.7 Å². The molecule has 6 heteroatoms. The minimum Gasteiger partial charge on any atom is -0.444 e. The summed E-state index contributed by atoms with van der Waals surface area (Å²) in [4.78, 5) is 18.6. The lowest BCUT2D eigenvalue weighted by Gasteiger charge is -2.29. The molecule has 0 radical (unpaired) electrons. The molecule has 0 spiro atoms. The van der Waals surface area contributed by atoms with Crippen LogP contribution < -0.4 is 0 Å². The highest BCUT2D eigenvalue weighted by molar-refractivity contribution is 8.03. The van der Waals surface area contributed by atoms with E-state index in [4.69, 9.17) is 10.00 Å². The van der Waals surface area contributed by atoms with Gasteiger partial charge in [-0.2, -0.15) is 5.26 Å². The van der Waals surface area contributed by atoms with Crippen molar-refractivity contribution in [2.45, 2.75) is 37.7 Å². The number of rotatable bonds is 2. The van der Waals surface area contributed by atoms with E-state index in [9.17, 15) is 4.79 Å². The first-order chi connectivity index (χ1) is 10.4. The summed E-state index contributed by atoms with van der Waals surface area (Å²) in [5, 5.41) is 10.9. The van der Waals surface area contributed by atoms with E-state index in [2.05, 4.69) is 10.4 Å². The second-order valence-electron chi connectivity index (χ2n) is 5.97. The number of ether oxygens (including phenoxy) is 1. The van der Waals surface area contributed by atoms with Crippen molar-refractivity contribution in [2.24, 2.45) is 0 Å². The van der Waals surface area contributed by atoms with Crippen molar-refractivity contribution < 1.29 is 9.53 Å². The van der Waals surface area contributed by atoms with E-state index >= 15 is 0 Å². The van der Waals surface area contributed by atoms with Gasteiger partial charge in [0.1, 0.15) is 11.0 Å². The number of pyridine rings is 1. The van der Waals surface area contributed by atoms with Crippen molar-refractivity contribution in [1.29, 1.82) is 5.26 Å². The third-order valence-corrected chi connectivity index (χ3v) is 3.78. The zero-order valence-electron chi connectivity index (χ0n) is 13.0. The molecule has 0 aliphatic carbocycles. The molecule has 22 heavy (non-hydrogen) atoms. The Morgan fingerprint density at radius 1 is 1.50 bits per heavy atom. The average Bonchev–Trinajstić information content (AvgIpc) is 2.47. The van der Waals surface area contributed by atoms with Crippen molar-refractivity contribution in [3.8, 4) is 5.40 Å². The molecule has 1 aliphatic rings. The summed E-state index contributed by atoms with van der Waals surface area (Å²) in [5.41, 5.74) is 1.67. The summed E-state index contributed by atoms with van der Waals surface area (Å²) >= 11 is 1.11. The van der Waals surface area contributed by atoms with Crippen molar-refractivity contribution in [3.05, 3.63) is 30.1 Å². The molecular weight excluding hydrogens is 298 g/mol. The van der Waals surface area contributed by atoms with E-state index in [1.54, 1.807) is 17.3 Å². The van der Waals surface area contributed by atoms with E-state index in [1.807, 2.05) is 32.9 Å². The molecule has 0 aromatic carbocycles. The molecule has 0 saturated heterocycles. The van der Waals surface area contributed by atoms with Gasteiger partial charge in [-0.25, -0.2) is 4.79 Å². The summed E-state index contributed by atoms with van der Waals surface area (Å²) in [6.45, 7) is 6.71. The number of hydrogen-bond acceptors (Lipinski definition) is 5. The molecule has 0 unspecified atom stereocenters. The van der Waals surface area contributed by atoms with Gasteiger partial charge in [-0.3, -0.25) is 4.98 Å². The highest BCUT2D eigenvalue weighted by atomic mass is 32.2. The summed E-state index contributed by atoms with van der Waals surface area (Å²) in [7, 11) is 0. The Labute approximate surface area is 135 Å². The average molecular weight is 317 g/mol. The van der Waals surface area contributed by atoms with E-state index in [0.717, 1.165) is 34.2 Å². The van der Waals surface area contributed by atoms with Crippen LogP contribution in [-0.2, 0) is 4.74 Å². The maximum atomic E-state index is 12.0. The van der Waals surface area contributed by atoms with Crippen molar-refractivity contribution in [3.63, 3.8) is 0 Å². The van der Waals surface area contributed by atoms with Crippen molar-refractivity contribution >= 4 is 23.4 Å². The third-order valence-electron chi connectivity index (χ3n) is 3.15. The van der Waals surface area contributed by atoms with Crippen molar-refractivity contribution in [1.82, 2.24) is 9.88 Å². The van der Waals surface area contributed by atoms with E-state index in [-0.39, 0.29) is 6.09 Å². The topological polar surface area (TPSA) is 66.2 Å². The number of hydrogen-bond donors (Lipinski definition) is 0. The summed E-state index contributed by atoms with van der Waals surface area (Å²) in [6, 6.07) is 1.91. The Balaban J connectivity index is 2.09. The first kappa shape index (κ1) is 16.4. The van der Waals surface area contributed by atoms with E-state index in [1.165, 1.54) is 0 Å². The maximum absolute atomic E-state index is 12.0. The monoisotopic (exact) mass is 317 g/mol. The van der Waals surface area contributed by atoms with Crippen LogP contribution in [0.3, 0.4) is 0 Å². The third kappa shape index (κ3) is 4.25. The molecule has 116 valence electrons.